The van der Waals surface area contributed by atoms with E-state index < -0.39 is 0 Å². The van der Waals surface area contributed by atoms with Crippen LogP contribution in [-0.4, -0.2) is 32.8 Å². The highest BCUT2D eigenvalue weighted by Crippen LogP contribution is 2.24. The average Bonchev–Trinajstić information content (AvgIpc) is 2.96. The number of hydrogen-bond donors (Lipinski definition) is 1. The number of piperidine rings is 1. The second kappa shape index (κ2) is 6.35. The number of aryl methyl sites for hydroxylation is 2. The topological polar surface area (TPSA) is 55.6 Å². The molecule has 0 amide bonds. The van der Waals surface area contributed by atoms with Gasteiger partial charge in [-0.2, -0.15) is 5.10 Å². The molecule has 1 fully saturated rings. The summed E-state index contributed by atoms with van der Waals surface area (Å²) in [6, 6.07) is 4.10. The summed E-state index contributed by atoms with van der Waals surface area (Å²) < 4.78 is 2.03. The minimum absolute atomic E-state index is 0.431. The molecular formula is C16H23N5. The van der Waals surface area contributed by atoms with Gasteiger partial charge in [0.15, 0.2) is 0 Å². The first kappa shape index (κ1) is 14.2. The maximum atomic E-state index is 4.83. The molecule has 21 heavy (non-hydrogen) atoms. The molecule has 1 aliphatic rings. The van der Waals surface area contributed by atoms with Crippen LogP contribution in [0.2, 0.25) is 0 Å². The fourth-order valence-electron chi connectivity index (χ4n) is 2.92. The van der Waals surface area contributed by atoms with Gasteiger partial charge in [0, 0.05) is 30.9 Å². The van der Waals surface area contributed by atoms with Crippen LogP contribution >= 0.6 is 0 Å². The average molecular weight is 285 g/mol. The lowest BCUT2D eigenvalue weighted by molar-refractivity contribution is 0.446. The molecule has 2 aromatic heterocycles. The molecule has 0 aromatic carbocycles. The van der Waals surface area contributed by atoms with Gasteiger partial charge in [-0.25, -0.2) is 9.97 Å². The van der Waals surface area contributed by atoms with E-state index in [1.807, 2.05) is 23.9 Å². The Balaban J connectivity index is 1.95. The third-order valence-corrected chi connectivity index (χ3v) is 3.95. The number of hydrogen-bond acceptors (Lipinski definition) is 4. The Bertz CT molecular complexity index is 598. The van der Waals surface area contributed by atoms with Crippen LogP contribution in [0.25, 0.3) is 11.4 Å². The normalized spacial score (nSPS) is 18.9. The van der Waals surface area contributed by atoms with Gasteiger partial charge in [-0.05, 0) is 44.9 Å². The van der Waals surface area contributed by atoms with Crippen LogP contribution in [0.3, 0.4) is 0 Å². The number of aromatic nitrogens is 4. The standard InChI is InChI=1S/C16H23N5/c1-3-9-21-15(6-8-18-21)14-10-12(2)19-16(20-14)13-5-4-7-17-11-13/h6,8,10,13,17H,3-5,7,9,11H2,1-2H3/t13-/m0/s1. The smallest absolute Gasteiger partial charge is 0.133 e. The molecule has 112 valence electrons. The maximum absolute atomic E-state index is 4.83. The van der Waals surface area contributed by atoms with Crippen molar-refractivity contribution in [2.75, 3.05) is 13.1 Å². The summed E-state index contributed by atoms with van der Waals surface area (Å²) in [6.07, 6.45) is 5.29. The van der Waals surface area contributed by atoms with Crippen molar-refractivity contribution in [3.63, 3.8) is 0 Å². The Kier molecular flexibility index (Phi) is 4.29. The summed E-state index contributed by atoms with van der Waals surface area (Å²) in [6.45, 7) is 7.22. The highest BCUT2D eigenvalue weighted by atomic mass is 15.3. The summed E-state index contributed by atoms with van der Waals surface area (Å²) in [5.41, 5.74) is 3.12. The van der Waals surface area contributed by atoms with Crippen LogP contribution in [0.5, 0.6) is 0 Å². The first-order valence-corrected chi connectivity index (χ1v) is 7.86. The van der Waals surface area contributed by atoms with E-state index in [1.165, 1.54) is 12.8 Å². The summed E-state index contributed by atoms with van der Waals surface area (Å²) >= 11 is 0. The molecule has 0 radical (unpaired) electrons. The Hall–Kier alpha value is -1.75. The molecule has 1 atom stereocenters. The predicted molar refractivity (Wildman–Crippen MR) is 83.1 cm³/mol. The van der Waals surface area contributed by atoms with Gasteiger partial charge < -0.3 is 5.32 Å². The highest BCUT2D eigenvalue weighted by Gasteiger charge is 2.19. The van der Waals surface area contributed by atoms with Crippen LogP contribution in [0.4, 0.5) is 0 Å². The maximum Gasteiger partial charge on any atom is 0.133 e. The van der Waals surface area contributed by atoms with Gasteiger partial charge in [0.05, 0.1) is 11.4 Å². The number of nitrogens with one attached hydrogen (secondary N) is 1. The lowest BCUT2D eigenvalue weighted by atomic mass is 9.98. The minimum atomic E-state index is 0.431. The van der Waals surface area contributed by atoms with Gasteiger partial charge in [-0.3, -0.25) is 4.68 Å². The second-order valence-electron chi connectivity index (χ2n) is 5.74. The van der Waals surface area contributed by atoms with Gasteiger partial charge in [-0.1, -0.05) is 6.92 Å². The van der Waals surface area contributed by atoms with Gasteiger partial charge in [0.25, 0.3) is 0 Å². The van der Waals surface area contributed by atoms with Crippen molar-refractivity contribution in [3.8, 4) is 11.4 Å². The zero-order chi connectivity index (χ0) is 14.7. The minimum Gasteiger partial charge on any atom is -0.316 e. The van der Waals surface area contributed by atoms with E-state index in [4.69, 9.17) is 4.98 Å². The Morgan fingerprint density at radius 3 is 3.05 bits per heavy atom. The first-order chi connectivity index (χ1) is 10.3. The van der Waals surface area contributed by atoms with E-state index in [2.05, 4.69) is 28.4 Å². The van der Waals surface area contributed by atoms with Crippen molar-refractivity contribution in [2.45, 2.75) is 45.6 Å². The molecule has 0 spiro atoms. The van der Waals surface area contributed by atoms with Crippen LogP contribution in [-0.2, 0) is 6.54 Å². The molecule has 3 rings (SSSR count). The third-order valence-electron chi connectivity index (χ3n) is 3.95. The Morgan fingerprint density at radius 2 is 2.29 bits per heavy atom. The lowest BCUT2D eigenvalue weighted by Gasteiger charge is -2.22. The molecule has 2 aromatic rings. The molecule has 5 nitrogen and oxygen atoms in total. The largest absolute Gasteiger partial charge is 0.316 e. The Labute approximate surface area is 125 Å². The SMILES string of the molecule is CCCn1nccc1-c1cc(C)nc([C@H]2CCCNC2)n1. The first-order valence-electron chi connectivity index (χ1n) is 7.86. The van der Waals surface area contributed by atoms with Gasteiger partial charge in [-0.15, -0.1) is 0 Å². The van der Waals surface area contributed by atoms with Crippen LogP contribution < -0.4 is 5.32 Å². The molecule has 0 bridgehead atoms. The molecular weight excluding hydrogens is 262 g/mol. The summed E-state index contributed by atoms with van der Waals surface area (Å²) in [7, 11) is 0. The van der Waals surface area contributed by atoms with Crippen LogP contribution in [0, 0.1) is 6.92 Å². The Morgan fingerprint density at radius 1 is 1.38 bits per heavy atom. The van der Waals surface area contributed by atoms with E-state index >= 15 is 0 Å². The molecule has 0 unspecified atom stereocenters. The molecule has 1 saturated heterocycles. The van der Waals surface area contributed by atoms with Gasteiger partial charge >= 0.3 is 0 Å². The molecule has 0 aliphatic carbocycles. The number of nitrogens with zero attached hydrogens (tertiary/aromatic N) is 4. The van der Waals surface area contributed by atoms with Gasteiger partial charge in [0.1, 0.15) is 5.82 Å². The van der Waals surface area contributed by atoms with Crippen molar-refractivity contribution in [2.24, 2.45) is 0 Å². The second-order valence-corrected chi connectivity index (χ2v) is 5.74. The zero-order valence-corrected chi connectivity index (χ0v) is 12.8. The van der Waals surface area contributed by atoms with E-state index in [0.29, 0.717) is 5.92 Å². The lowest BCUT2D eigenvalue weighted by Crippen LogP contribution is -2.29. The summed E-state index contributed by atoms with van der Waals surface area (Å²) in [4.78, 5) is 9.49. The van der Waals surface area contributed by atoms with Crippen molar-refractivity contribution >= 4 is 0 Å². The molecule has 5 heteroatoms. The van der Waals surface area contributed by atoms with E-state index in [9.17, 15) is 0 Å². The molecule has 0 saturated carbocycles. The zero-order valence-electron chi connectivity index (χ0n) is 12.8. The number of rotatable bonds is 4. The van der Waals surface area contributed by atoms with Crippen molar-refractivity contribution in [1.29, 1.82) is 0 Å². The summed E-state index contributed by atoms with van der Waals surface area (Å²) in [5, 5.41) is 7.84. The summed E-state index contributed by atoms with van der Waals surface area (Å²) in [5.74, 6) is 1.40. The fourth-order valence-corrected chi connectivity index (χ4v) is 2.92. The predicted octanol–water partition coefficient (Wildman–Crippen LogP) is 2.53. The molecule has 1 aliphatic heterocycles. The fraction of sp³-hybridized carbons (Fsp3) is 0.562. The van der Waals surface area contributed by atoms with Crippen molar-refractivity contribution < 1.29 is 0 Å². The highest BCUT2D eigenvalue weighted by molar-refractivity contribution is 5.54. The molecule has 1 N–H and O–H groups in total. The van der Waals surface area contributed by atoms with Crippen LogP contribution in [0.15, 0.2) is 18.3 Å². The third kappa shape index (κ3) is 3.13. The van der Waals surface area contributed by atoms with Crippen LogP contribution in [0.1, 0.15) is 43.6 Å². The monoisotopic (exact) mass is 285 g/mol. The quantitative estimate of drug-likeness (QED) is 0.938. The van der Waals surface area contributed by atoms with Gasteiger partial charge in [0.2, 0.25) is 0 Å². The van der Waals surface area contributed by atoms with Crippen molar-refractivity contribution in [1.82, 2.24) is 25.1 Å². The van der Waals surface area contributed by atoms with E-state index in [-0.39, 0.29) is 0 Å². The van der Waals surface area contributed by atoms with E-state index in [0.717, 1.165) is 49.0 Å². The van der Waals surface area contributed by atoms with E-state index in [1.54, 1.807) is 0 Å². The van der Waals surface area contributed by atoms with Crippen molar-refractivity contribution in [3.05, 3.63) is 29.8 Å². The molecule has 3 heterocycles.